The lowest BCUT2D eigenvalue weighted by atomic mass is 9.78. The molecule has 1 aliphatic heterocycles. The van der Waals surface area contributed by atoms with E-state index in [-0.39, 0.29) is 5.41 Å². The normalized spacial score (nSPS) is 25.7. The van der Waals surface area contributed by atoms with E-state index in [9.17, 15) is 4.79 Å². The Hall–Kier alpha value is -0.670. The van der Waals surface area contributed by atoms with Crippen LogP contribution in [0.25, 0.3) is 0 Å². The zero-order valence-corrected chi connectivity index (χ0v) is 9.90. The first-order chi connectivity index (χ1) is 7.27. The second kappa shape index (κ2) is 4.45. The number of hydrogen-bond donors (Lipinski definition) is 1. The molecule has 1 aromatic rings. The van der Waals surface area contributed by atoms with Gasteiger partial charge in [0, 0.05) is 18.4 Å². The van der Waals surface area contributed by atoms with E-state index in [2.05, 4.69) is 17.6 Å². The van der Waals surface area contributed by atoms with E-state index in [1.54, 1.807) is 11.3 Å². The molecule has 0 spiro atoms. The highest BCUT2D eigenvalue weighted by Gasteiger charge is 2.38. The van der Waals surface area contributed by atoms with E-state index >= 15 is 0 Å². The number of carbonyl (C=O) groups excluding carboxylic acids is 1. The monoisotopic (exact) mass is 223 g/mol. The molecule has 15 heavy (non-hydrogen) atoms. The lowest BCUT2D eigenvalue weighted by Gasteiger charge is -2.24. The standard InChI is InChI=1S/C12H17NOS/c1-2-12(4-5-13-9-12)11(14)7-10-3-6-15-8-10/h3,6,8,13H,2,4-5,7,9H2,1H3. The fourth-order valence-corrected chi connectivity index (χ4v) is 2.92. The van der Waals surface area contributed by atoms with Gasteiger partial charge in [-0.3, -0.25) is 4.79 Å². The van der Waals surface area contributed by atoms with Gasteiger partial charge in [-0.25, -0.2) is 0 Å². The minimum Gasteiger partial charge on any atom is -0.316 e. The third kappa shape index (κ3) is 2.13. The summed E-state index contributed by atoms with van der Waals surface area (Å²) >= 11 is 1.66. The molecule has 0 aliphatic carbocycles. The van der Waals surface area contributed by atoms with Gasteiger partial charge in [0.15, 0.2) is 0 Å². The van der Waals surface area contributed by atoms with Crippen LogP contribution >= 0.6 is 11.3 Å². The summed E-state index contributed by atoms with van der Waals surface area (Å²) in [5.41, 5.74) is 1.09. The summed E-state index contributed by atoms with van der Waals surface area (Å²) in [6.45, 7) is 3.98. The average Bonchev–Trinajstić information content (AvgIpc) is 2.87. The predicted octanol–water partition coefficient (Wildman–Crippen LogP) is 2.25. The van der Waals surface area contributed by atoms with Crippen LogP contribution in [0.15, 0.2) is 16.8 Å². The number of carbonyl (C=O) groups is 1. The van der Waals surface area contributed by atoms with Crippen molar-refractivity contribution in [3.05, 3.63) is 22.4 Å². The molecule has 0 amide bonds. The zero-order chi connectivity index (χ0) is 10.7. The van der Waals surface area contributed by atoms with E-state index in [1.807, 2.05) is 11.4 Å². The molecule has 2 heterocycles. The minimum absolute atomic E-state index is 0.0814. The van der Waals surface area contributed by atoms with E-state index < -0.39 is 0 Å². The van der Waals surface area contributed by atoms with Gasteiger partial charge >= 0.3 is 0 Å². The average molecular weight is 223 g/mol. The molecule has 0 saturated carbocycles. The van der Waals surface area contributed by atoms with Gasteiger partial charge in [0.05, 0.1) is 0 Å². The Morgan fingerprint density at radius 2 is 2.53 bits per heavy atom. The predicted molar refractivity (Wildman–Crippen MR) is 63.2 cm³/mol. The number of rotatable bonds is 4. The second-order valence-corrected chi connectivity index (χ2v) is 5.07. The molecule has 2 nitrogen and oxygen atoms in total. The van der Waals surface area contributed by atoms with Crippen molar-refractivity contribution in [2.45, 2.75) is 26.2 Å². The summed E-state index contributed by atoms with van der Waals surface area (Å²) in [4.78, 5) is 12.2. The number of nitrogens with one attached hydrogen (secondary N) is 1. The molecular weight excluding hydrogens is 206 g/mol. The first kappa shape index (κ1) is 10.8. The molecule has 82 valence electrons. The smallest absolute Gasteiger partial charge is 0.144 e. The van der Waals surface area contributed by atoms with Crippen molar-refractivity contribution >= 4 is 17.1 Å². The molecule has 1 atom stereocenters. The molecule has 0 bridgehead atoms. The molecule has 1 saturated heterocycles. The van der Waals surface area contributed by atoms with Gasteiger partial charge in [-0.15, -0.1) is 0 Å². The maximum absolute atomic E-state index is 12.2. The second-order valence-electron chi connectivity index (χ2n) is 4.29. The van der Waals surface area contributed by atoms with Crippen molar-refractivity contribution in [3.63, 3.8) is 0 Å². The van der Waals surface area contributed by atoms with Gasteiger partial charge < -0.3 is 5.32 Å². The maximum Gasteiger partial charge on any atom is 0.144 e. The summed E-state index contributed by atoms with van der Waals surface area (Å²) in [5, 5.41) is 7.42. The minimum atomic E-state index is -0.0814. The zero-order valence-electron chi connectivity index (χ0n) is 9.08. The topological polar surface area (TPSA) is 29.1 Å². The van der Waals surface area contributed by atoms with Crippen molar-refractivity contribution in [3.8, 4) is 0 Å². The first-order valence-electron chi connectivity index (χ1n) is 5.52. The maximum atomic E-state index is 12.2. The number of thiophene rings is 1. The lowest BCUT2D eigenvalue weighted by molar-refractivity contribution is -0.127. The van der Waals surface area contributed by atoms with Gasteiger partial charge in [-0.05, 0) is 41.8 Å². The highest BCUT2D eigenvalue weighted by molar-refractivity contribution is 7.07. The Labute approximate surface area is 94.7 Å². The lowest BCUT2D eigenvalue weighted by Crippen LogP contribution is -2.34. The van der Waals surface area contributed by atoms with Crippen molar-refractivity contribution in [2.24, 2.45) is 5.41 Å². The molecule has 1 unspecified atom stereocenters. The fraction of sp³-hybridized carbons (Fsp3) is 0.583. The number of Topliss-reactive ketones (excluding diaryl/α,β-unsaturated/α-hetero) is 1. The van der Waals surface area contributed by atoms with Crippen LogP contribution in [-0.2, 0) is 11.2 Å². The van der Waals surface area contributed by atoms with Crippen molar-refractivity contribution in [1.82, 2.24) is 5.32 Å². The molecule has 0 aromatic carbocycles. The molecule has 0 radical (unpaired) electrons. The van der Waals surface area contributed by atoms with Crippen molar-refractivity contribution in [1.29, 1.82) is 0 Å². The summed E-state index contributed by atoms with van der Waals surface area (Å²) in [6, 6.07) is 2.05. The van der Waals surface area contributed by atoms with Crippen LogP contribution in [0.3, 0.4) is 0 Å². The van der Waals surface area contributed by atoms with Crippen LogP contribution < -0.4 is 5.32 Å². The largest absolute Gasteiger partial charge is 0.316 e. The van der Waals surface area contributed by atoms with Gasteiger partial charge in [0.2, 0.25) is 0 Å². The van der Waals surface area contributed by atoms with E-state index in [1.165, 1.54) is 5.56 Å². The molecule has 2 rings (SSSR count). The number of ketones is 1. The van der Waals surface area contributed by atoms with Crippen LogP contribution in [0, 0.1) is 5.41 Å². The van der Waals surface area contributed by atoms with Gasteiger partial charge in [0.1, 0.15) is 5.78 Å². The summed E-state index contributed by atoms with van der Waals surface area (Å²) in [5.74, 6) is 0.411. The number of hydrogen-bond acceptors (Lipinski definition) is 3. The van der Waals surface area contributed by atoms with E-state index in [4.69, 9.17) is 0 Å². The fourth-order valence-electron chi connectivity index (χ4n) is 2.25. The molecule has 1 N–H and O–H groups in total. The third-order valence-electron chi connectivity index (χ3n) is 3.46. The van der Waals surface area contributed by atoms with Gasteiger partial charge in [-0.1, -0.05) is 6.92 Å². The first-order valence-corrected chi connectivity index (χ1v) is 6.46. The van der Waals surface area contributed by atoms with Crippen LogP contribution in [-0.4, -0.2) is 18.9 Å². The Kier molecular flexibility index (Phi) is 3.22. The molecule has 1 aliphatic rings. The Morgan fingerprint density at radius 1 is 1.67 bits per heavy atom. The highest BCUT2D eigenvalue weighted by atomic mass is 32.1. The third-order valence-corrected chi connectivity index (χ3v) is 4.19. The Balaban J connectivity index is 2.06. The molecule has 1 fully saturated rings. The van der Waals surface area contributed by atoms with Crippen molar-refractivity contribution < 1.29 is 4.79 Å². The van der Waals surface area contributed by atoms with Crippen LogP contribution in [0.4, 0.5) is 0 Å². The van der Waals surface area contributed by atoms with Crippen LogP contribution in [0.5, 0.6) is 0 Å². The Morgan fingerprint density at radius 3 is 3.07 bits per heavy atom. The summed E-state index contributed by atoms with van der Waals surface area (Å²) in [6.07, 6.45) is 2.58. The molecule has 3 heteroatoms. The summed E-state index contributed by atoms with van der Waals surface area (Å²) < 4.78 is 0. The van der Waals surface area contributed by atoms with E-state index in [0.29, 0.717) is 12.2 Å². The molecule has 1 aromatic heterocycles. The SMILES string of the molecule is CCC1(C(=O)Cc2ccsc2)CCNC1. The molecular formula is C12H17NOS. The van der Waals surface area contributed by atoms with E-state index in [0.717, 1.165) is 25.9 Å². The van der Waals surface area contributed by atoms with Crippen molar-refractivity contribution in [2.75, 3.05) is 13.1 Å². The Bertz CT molecular complexity index is 325. The van der Waals surface area contributed by atoms with Gasteiger partial charge in [-0.2, -0.15) is 11.3 Å². The quantitative estimate of drug-likeness (QED) is 0.848. The van der Waals surface area contributed by atoms with Crippen LogP contribution in [0.1, 0.15) is 25.3 Å². The van der Waals surface area contributed by atoms with Gasteiger partial charge in [0.25, 0.3) is 0 Å². The summed E-state index contributed by atoms with van der Waals surface area (Å²) in [7, 11) is 0. The van der Waals surface area contributed by atoms with Crippen LogP contribution in [0.2, 0.25) is 0 Å². The highest BCUT2D eigenvalue weighted by Crippen LogP contribution is 2.31.